The predicted octanol–water partition coefficient (Wildman–Crippen LogP) is 2.74. The van der Waals surface area contributed by atoms with E-state index >= 15 is 0 Å². The Hall–Kier alpha value is -0.0800. The maximum absolute atomic E-state index is 3.37. The van der Waals surface area contributed by atoms with E-state index < -0.39 is 0 Å². The Morgan fingerprint density at radius 2 is 1.67 bits per heavy atom. The highest BCUT2D eigenvalue weighted by Gasteiger charge is 2.09. The van der Waals surface area contributed by atoms with Gasteiger partial charge in [0.2, 0.25) is 0 Å². The summed E-state index contributed by atoms with van der Waals surface area (Å²) in [5.41, 5.74) is 0. The lowest BCUT2D eigenvalue weighted by Crippen LogP contribution is -2.32. The van der Waals surface area contributed by atoms with E-state index in [1.165, 1.54) is 38.8 Å². The van der Waals surface area contributed by atoms with Crippen LogP contribution in [0.15, 0.2) is 0 Å². The summed E-state index contributed by atoms with van der Waals surface area (Å²) in [5, 5.41) is 3.37. The largest absolute Gasteiger partial charge is 0.316 e. The smallest absolute Gasteiger partial charge is 0.0104 e. The Balaban J connectivity index is 3.62. The van der Waals surface area contributed by atoms with Crippen molar-refractivity contribution in [2.45, 2.75) is 46.5 Å². The number of nitrogens with zero attached hydrogens (tertiary/aromatic N) is 1. The molecule has 0 amide bonds. The zero-order valence-electron chi connectivity index (χ0n) is 11.2. The van der Waals surface area contributed by atoms with Crippen molar-refractivity contribution in [3.8, 4) is 0 Å². The zero-order valence-corrected chi connectivity index (χ0v) is 11.2. The Bertz CT molecular complexity index is 120. The summed E-state index contributed by atoms with van der Waals surface area (Å²) in [7, 11) is 2.25. The maximum Gasteiger partial charge on any atom is 0.0104 e. The summed E-state index contributed by atoms with van der Waals surface area (Å²) in [6.07, 6.45) is 5.43. The van der Waals surface area contributed by atoms with Gasteiger partial charge in [0.1, 0.15) is 0 Å². The molecule has 0 atom stereocenters. The summed E-state index contributed by atoms with van der Waals surface area (Å²) < 4.78 is 0. The number of nitrogens with one attached hydrogen (secondary N) is 1. The molecular weight excluding hydrogens is 184 g/mol. The number of likely N-dealkylation sites (N-methyl/N-ethyl adjacent to an activating group) is 2. The highest BCUT2D eigenvalue weighted by atomic mass is 15.1. The normalized spacial score (nSPS) is 11.6. The van der Waals surface area contributed by atoms with Crippen LogP contribution in [0, 0.1) is 5.92 Å². The van der Waals surface area contributed by atoms with Crippen molar-refractivity contribution in [2.75, 3.05) is 33.2 Å². The molecule has 0 heterocycles. The van der Waals surface area contributed by atoms with E-state index in [1.54, 1.807) is 0 Å². The fourth-order valence-electron chi connectivity index (χ4n) is 2.12. The first-order valence-electron chi connectivity index (χ1n) is 6.63. The van der Waals surface area contributed by atoms with Gasteiger partial charge in [0, 0.05) is 19.6 Å². The second kappa shape index (κ2) is 10.4. The Labute approximate surface area is 96.4 Å². The molecule has 92 valence electrons. The molecule has 0 saturated carbocycles. The first-order valence-corrected chi connectivity index (χ1v) is 6.63. The van der Waals surface area contributed by atoms with Crippen LogP contribution in [-0.2, 0) is 0 Å². The summed E-state index contributed by atoms with van der Waals surface area (Å²) in [6.45, 7) is 11.4. The highest BCUT2D eigenvalue weighted by Crippen LogP contribution is 2.14. The third kappa shape index (κ3) is 8.88. The summed E-state index contributed by atoms with van der Waals surface area (Å²) in [5.74, 6) is 0.909. The van der Waals surface area contributed by atoms with Gasteiger partial charge in [0.25, 0.3) is 0 Å². The molecule has 0 aromatic rings. The first kappa shape index (κ1) is 14.9. The monoisotopic (exact) mass is 214 g/mol. The van der Waals surface area contributed by atoms with Gasteiger partial charge in [-0.2, -0.15) is 0 Å². The fraction of sp³-hybridized carbons (Fsp3) is 1.00. The molecule has 2 nitrogen and oxygen atoms in total. The van der Waals surface area contributed by atoms with Gasteiger partial charge >= 0.3 is 0 Å². The van der Waals surface area contributed by atoms with Gasteiger partial charge in [0.15, 0.2) is 0 Å². The second-order valence-corrected chi connectivity index (χ2v) is 4.56. The van der Waals surface area contributed by atoms with Gasteiger partial charge in [-0.3, -0.25) is 0 Å². The lowest BCUT2D eigenvalue weighted by Gasteiger charge is -2.23. The molecule has 0 aliphatic heterocycles. The molecule has 2 heteroatoms. The molecule has 0 radical (unpaired) electrons. The minimum Gasteiger partial charge on any atom is -0.316 e. The topological polar surface area (TPSA) is 15.3 Å². The van der Waals surface area contributed by atoms with Crippen molar-refractivity contribution in [1.82, 2.24) is 10.2 Å². The van der Waals surface area contributed by atoms with Crippen LogP contribution in [0.5, 0.6) is 0 Å². The lowest BCUT2D eigenvalue weighted by molar-refractivity contribution is 0.256. The Kier molecular flexibility index (Phi) is 10.4. The second-order valence-electron chi connectivity index (χ2n) is 4.56. The summed E-state index contributed by atoms with van der Waals surface area (Å²) in [4.78, 5) is 2.47. The molecule has 0 bridgehead atoms. The number of hydrogen-bond donors (Lipinski definition) is 1. The van der Waals surface area contributed by atoms with Crippen LogP contribution in [0.1, 0.15) is 46.5 Å². The Morgan fingerprint density at radius 1 is 1.07 bits per heavy atom. The van der Waals surface area contributed by atoms with Crippen LogP contribution in [0.2, 0.25) is 0 Å². The van der Waals surface area contributed by atoms with Crippen LogP contribution in [0.25, 0.3) is 0 Å². The molecular formula is C13H30N2. The molecule has 0 saturated heterocycles. The average molecular weight is 214 g/mol. The van der Waals surface area contributed by atoms with E-state index in [1.807, 2.05) is 0 Å². The average Bonchev–Trinajstić information content (AvgIpc) is 2.19. The quantitative estimate of drug-likeness (QED) is 0.563. The van der Waals surface area contributed by atoms with Crippen molar-refractivity contribution in [2.24, 2.45) is 5.92 Å². The molecule has 0 unspecified atom stereocenters. The van der Waals surface area contributed by atoms with E-state index in [0.29, 0.717) is 0 Å². The van der Waals surface area contributed by atoms with E-state index in [-0.39, 0.29) is 0 Å². The third-order valence-electron chi connectivity index (χ3n) is 2.88. The molecule has 1 N–H and O–H groups in total. The summed E-state index contributed by atoms with van der Waals surface area (Å²) >= 11 is 0. The van der Waals surface area contributed by atoms with Gasteiger partial charge in [-0.25, -0.2) is 0 Å². The highest BCUT2D eigenvalue weighted by molar-refractivity contribution is 4.64. The summed E-state index contributed by atoms with van der Waals surface area (Å²) in [6, 6.07) is 0. The van der Waals surface area contributed by atoms with Crippen molar-refractivity contribution >= 4 is 0 Å². The molecule has 0 aromatic heterocycles. The maximum atomic E-state index is 3.37. The van der Waals surface area contributed by atoms with Crippen LogP contribution in [0.4, 0.5) is 0 Å². The van der Waals surface area contributed by atoms with Crippen LogP contribution >= 0.6 is 0 Å². The molecule has 0 spiro atoms. The van der Waals surface area contributed by atoms with Gasteiger partial charge < -0.3 is 10.2 Å². The van der Waals surface area contributed by atoms with Gasteiger partial charge in [-0.05, 0) is 32.4 Å². The Morgan fingerprint density at radius 3 is 2.13 bits per heavy atom. The molecule has 0 rings (SSSR count). The predicted molar refractivity (Wildman–Crippen MR) is 69.3 cm³/mol. The number of hydrogen-bond acceptors (Lipinski definition) is 2. The van der Waals surface area contributed by atoms with E-state index in [0.717, 1.165) is 19.0 Å². The lowest BCUT2D eigenvalue weighted by atomic mass is 9.98. The van der Waals surface area contributed by atoms with E-state index in [2.05, 4.69) is 38.0 Å². The SMILES string of the molecule is CCCC(CCC)CN(C)CCNCC. The minimum atomic E-state index is 0.909. The van der Waals surface area contributed by atoms with E-state index in [4.69, 9.17) is 0 Å². The van der Waals surface area contributed by atoms with Crippen molar-refractivity contribution in [1.29, 1.82) is 0 Å². The van der Waals surface area contributed by atoms with Crippen molar-refractivity contribution in [3.05, 3.63) is 0 Å². The third-order valence-corrected chi connectivity index (χ3v) is 2.88. The van der Waals surface area contributed by atoms with Crippen molar-refractivity contribution < 1.29 is 0 Å². The molecule has 0 aliphatic rings. The van der Waals surface area contributed by atoms with Gasteiger partial charge in [-0.1, -0.05) is 33.6 Å². The number of rotatable bonds is 10. The molecule has 0 aliphatic carbocycles. The fourth-order valence-corrected chi connectivity index (χ4v) is 2.12. The standard InChI is InChI=1S/C13H30N2/c1-5-8-13(9-6-2)12-15(4)11-10-14-7-3/h13-14H,5-12H2,1-4H3. The van der Waals surface area contributed by atoms with Crippen LogP contribution in [0.3, 0.4) is 0 Å². The molecule has 0 fully saturated rings. The zero-order chi connectivity index (χ0) is 11.5. The van der Waals surface area contributed by atoms with Gasteiger partial charge in [0.05, 0.1) is 0 Å². The molecule has 0 aromatic carbocycles. The van der Waals surface area contributed by atoms with Crippen LogP contribution in [-0.4, -0.2) is 38.1 Å². The van der Waals surface area contributed by atoms with Crippen molar-refractivity contribution in [3.63, 3.8) is 0 Å². The molecule has 15 heavy (non-hydrogen) atoms. The first-order chi connectivity index (χ1) is 7.24. The van der Waals surface area contributed by atoms with Gasteiger partial charge in [-0.15, -0.1) is 0 Å². The van der Waals surface area contributed by atoms with E-state index in [9.17, 15) is 0 Å². The van der Waals surface area contributed by atoms with Crippen LogP contribution < -0.4 is 5.32 Å². The minimum absolute atomic E-state index is 0.909.